The van der Waals surface area contributed by atoms with Crippen molar-refractivity contribution in [1.82, 2.24) is 0 Å². The highest BCUT2D eigenvalue weighted by atomic mass is 35.5. The largest absolute Gasteiger partial charge is 0.481 e. The van der Waals surface area contributed by atoms with Gasteiger partial charge in [0.05, 0.1) is 15.7 Å². The molecule has 26 heavy (non-hydrogen) atoms. The highest BCUT2D eigenvalue weighted by Gasteiger charge is 2.14. The number of rotatable bonds is 6. The SMILES string of the molecule is N#C/C(=C/c1ccccc1OCC(=O)O)C(=O)Nc1cccc(Cl)c1Cl. The number of carboxylic acid groups (broad SMARTS) is 1. The molecule has 0 fully saturated rings. The number of nitrogens with one attached hydrogen (secondary N) is 1. The monoisotopic (exact) mass is 390 g/mol. The number of aliphatic carboxylic acids is 1. The molecule has 0 bridgehead atoms. The molecule has 2 N–H and O–H groups in total. The number of para-hydroxylation sites is 1. The Morgan fingerprint density at radius 3 is 2.62 bits per heavy atom. The Morgan fingerprint density at radius 1 is 1.19 bits per heavy atom. The minimum atomic E-state index is -1.14. The van der Waals surface area contributed by atoms with Gasteiger partial charge in [-0.25, -0.2) is 4.79 Å². The van der Waals surface area contributed by atoms with Gasteiger partial charge < -0.3 is 15.2 Å². The lowest BCUT2D eigenvalue weighted by molar-refractivity contribution is -0.139. The molecular formula is C18H12Cl2N2O4. The summed E-state index contributed by atoms with van der Waals surface area (Å²) in [4.78, 5) is 23.0. The van der Waals surface area contributed by atoms with Crippen LogP contribution < -0.4 is 10.1 Å². The summed E-state index contributed by atoms with van der Waals surface area (Å²) >= 11 is 11.9. The predicted octanol–water partition coefficient (Wildman–Crippen LogP) is 4.00. The van der Waals surface area contributed by atoms with Crippen LogP contribution in [0.3, 0.4) is 0 Å². The molecule has 0 aliphatic carbocycles. The molecule has 1 amide bonds. The van der Waals surface area contributed by atoms with Crippen molar-refractivity contribution in [2.45, 2.75) is 0 Å². The van der Waals surface area contributed by atoms with Crippen LogP contribution in [0.4, 0.5) is 5.69 Å². The minimum Gasteiger partial charge on any atom is -0.481 e. The van der Waals surface area contributed by atoms with Crippen molar-refractivity contribution in [1.29, 1.82) is 5.26 Å². The van der Waals surface area contributed by atoms with Crippen LogP contribution >= 0.6 is 23.2 Å². The van der Waals surface area contributed by atoms with Crippen molar-refractivity contribution in [3.8, 4) is 11.8 Å². The summed E-state index contributed by atoms with van der Waals surface area (Å²) in [6, 6.07) is 13.0. The van der Waals surface area contributed by atoms with E-state index >= 15 is 0 Å². The lowest BCUT2D eigenvalue weighted by atomic mass is 10.1. The van der Waals surface area contributed by atoms with Crippen molar-refractivity contribution in [3.05, 3.63) is 63.6 Å². The third kappa shape index (κ3) is 4.99. The molecule has 0 heterocycles. The molecule has 2 aromatic carbocycles. The Kier molecular flexibility index (Phi) is 6.61. The molecule has 0 aliphatic heterocycles. The number of hydrogen-bond donors (Lipinski definition) is 2. The fourth-order valence-electron chi connectivity index (χ4n) is 1.96. The van der Waals surface area contributed by atoms with Gasteiger partial charge in [0.2, 0.25) is 0 Å². The second-order valence-electron chi connectivity index (χ2n) is 4.95. The summed E-state index contributed by atoms with van der Waals surface area (Å²) in [5, 5.41) is 20.9. The van der Waals surface area contributed by atoms with Crippen molar-refractivity contribution in [2.24, 2.45) is 0 Å². The fraction of sp³-hybridized carbons (Fsp3) is 0.0556. The second-order valence-corrected chi connectivity index (χ2v) is 5.73. The number of amides is 1. The highest BCUT2D eigenvalue weighted by Crippen LogP contribution is 2.30. The minimum absolute atomic E-state index is 0.157. The van der Waals surface area contributed by atoms with E-state index in [9.17, 15) is 14.9 Å². The number of ether oxygens (including phenoxy) is 1. The second kappa shape index (κ2) is 8.90. The standard InChI is InChI=1S/C18H12Cl2N2O4/c19-13-5-3-6-14(17(13)20)22-18(25)12(9-21)8-11-4-1-2-7-15(11)26-10-16(23)24/h1-8H,10H2,(H,22,25)(H,23,24)/b12-8-. The van der Waals surface area contributed by atoms with Gasteiger partial charge in [-0.3, -0.25) is 4.79 Å². The summed E-state index contributed by atoms with van der Waals surface area (Å²) in [5.74, 6) is -1.60. The van der Waals surface area contributed by atoms with Gasteiger partial charge in [-0.2, -0.15) is 5.26 Å². The third-order valence-electron chi connectivity index (χ3n) is 3.13. The van der Waals surface area contributed by atoms with E-state index in [2.05, 4.69) is 5.32 Å². The van der Waals surface area contributed by atoms with E-state index in [1.807, 2.05) is 0 Å². The van der Waals surface area contributed by atoms with E-state index in [0.717, 1.165) is 0 Å². The molecule has 0 spiro atoms. The van der Waals surface area contributed by atoms with Gasteiger partial charge in [0.25, 0.3) is 5.91 Å². The number of carbonyl (C=O) groups excluding carboxylic acids is 1. The van der Waals surface area contributed by atoms with Gasteiger partial charge in [-0.05, 0) is 24.3 Å². The summed E-state index contributed by atoms with van der Waals surface area (Å²) < 4.78 is 5.15. The van der Waals surface area contributed by atoms with E-state index in [4.69, 9.17) is 33.0 Å². The Morgan fingerprint density at radius 2 is 1.92 bits per heavy atom. The van der Waals surface area contributed by atoms with Crippen molar-refractivity contribution >= 4 is 46.8 Å². The Balaban J connectivity index is 2.28. The van der Waals surface area contributed by atoms with Crippen LogP contribution in [-0.2, 0) is 9.59 Å². The van der Waals surface area contributed by atoms with Crippen LogP contribution in [0, 0.1) is 11.3 Å². The first-order valence-electron chi connectivity index (χ1n) is 7.23. The quantitative estimate of drug-likeness (QED) is 0.573. The van der Waals surface area contributed by atoms with Gasteiger partial charge in [0.1, 0.15) is 17.4 Å². The van der Waals surface area contributed by atoms with E-state index < -0.39 is 18.5 Å². The predicted molar refractivity (Wildman–Crippen MR) is 98.3 cm³/mol. The molecule has 0 aromatic heterocycles. The van der Waals surface area contributed by atoms with E-state index in [1.54, 1.807) is 42.5 Å². The van der Waals surface area contributed by atoms with Crippen LogP contribution in [0.2, 0.25) is 10.0 Å². The number of carbonyl (C=O) groups is 2. The molecule has 0 unspecified atom stereocenters. The normalized spacial score (nSPS) is 10.7. The van der Waals surface area contributed by atoms with Crippen LogP contribution in [0.25, 0.3) is 6.08 Å². The first-order valence-corrected chi connectivity index (χ1v) is 7.98. The Bertz CT molecular complexity index is 920. The van der Waals surface area contributed by atoms with Gasteiger partial charge in [0.15, 0.2) is 6.61 Å². The lowest BCUT2D eigenvalue weighted by Crippen LogP contribution is -2.14. The molecular weight excluding hydrogens is 379 g/mol. The van der Waals surface area contributed by atoms with Crippen LogP contribution in [0.5, 0.6) is 5.75 Å². The molecule has 0 radical (unpaired) electrons. The molecule has 0 saturated carbocycles. The molecule has 8 heteroatoms. The number of halogens is 2. The lowest BCUT2D eigenvalue weighted by Gasteiger charge is -2.09. The molecule has 0 saturated heterocycles. The zero-order valence-corrected chi connectivity index (χ0v) is 14.7. The maximum atomic E-state index is 12.4. The van der Waals surface area contributed by atoms with Crippen LogP contribution in [0.1, 0.15) is 5.56 Å². The highest BCUT2D eigenvalue weighted by molar-refractivity contribution is 6.44. The molecule has 6 nitrogen and oxygen atoms in total. The first kappa shape index (κ1) is 19.3. The summed E-state index contributed by atoms with van der Waals surface area (Å²) in [5.41, 5.74) is 0.436. The van der Waals surface area contributed by atoms with Crippen LogP contribution in [0.15, 0.2) is 48.0 Å². The zero-order chi connectivity index (χ0) is 19.1. The number of anilines is 1. The van der Waals surface area contributed by atoms with Gasteiger partial charge in [-0.15, -0.1) is 0 Å². The van der Waals surface area contributed by atoms with Crippen molar-refractivity contribution in [3.63, 3.8) is 0 Å². The maximum Gasteiger partial charge on any atom is 0.341 e. The number of benzene rings is 2. The summed E-state index contributed by atoms with van der Waals surface area (Å²) in [6.45, 7) is -0.545. The fourth-order valence-corrected chi connectivity index (χ4v) is 2.31. The molecule has 2 aromatic rings. The molecule has 132 valence electrons. The molecule has 2 rings (SSSR count). The molecule has 0 atom stereocenters. The Labute approximate surface area is 159 Å². The van der Waals surface area contributed by atoms with Crippen molar-refractivity contribution in [2.75, 3.05) is 11.9 Å². The van der Waals surface area contributed by atoms with E-state index in [1.165, 1.54) is 12.1 Å². The van der Waals surface area contributed by atoms with Crippen molar-refractivity contribution < 1.29 is 19.4 Å². The first-order chi connectivity index (χ1) is 12.4. The van der Waals surface area contributed by atoms with E-state index in [0.29, 0.717) is 5.56 Å². The van der Waals surface area contributed by atoms with Gasteiger partial charge >= 0.3 is 5.97 Å². The number of hydrogen-bond acceptors (Lipinski definition) is 4. The zero-order valence-electron chi connectivity index (χ0n) is 13.2. The summed E-state index contributed by atoms with van der Waals surface area (Å²) in [7, 11) is 0. The smallest absolute Gasteiger partial charge is 0.341 e. The van der Waals surface area contributed by atoms with Gasteiger partial charge in [-0.1, -0.05) is 47.5 Å². The summed E-state index contributed by atoms with van der Waals surface area (Å²) in [6.07, 6.45) is 1.30. The van der Waals surface area contributed by atoms with Gasteiger partial charge in [0, 0.05) is 5.56 Å². The number of nitriles is 1. The average molecular weight is 391 g/mol. The third-order valence-corrected chi connectivity index (χ3v) is 3.95. The van der Waals surface area contributed by atoms with E-state index in [-0.39, 0.29) is 27.1 Å². The maximum absolute atomic E-state index is 12.4. The number of nitrogens with zero attached hydrogens (tertiary/aromatic N) is 1. The average Bonchev–Trinajstić information content (AvgIpc) is 2.62. The topological polar surface area (TPSA) is 99.4 Å². The number of carboxylic acids is 1. The van der Waals surface area contributed by atoms with Crippen LogP contribution in [-0.4, -0.2) is 23.6 Å². The Hall–Kier alpha value is -3.01. The molecule has 0 aliphatic rings.